The lowest BCUT2D eigenvalue weighted by atomic mass is 9.89. The normalized spacial score (nSPS) is 15.9. The zero-order valence-corrected chi connectivity index (χ0v) is 17.8. The summed E-state index contributed by atoms with van der Waals surface area (Å²) in [4.78, 5) is 12.5. The molecule has 1 fully saturated rings. The first-order chi connectivity index (χ1) is 13.6. The van der Waals surface area contributed by atoms with Gasteiger partial charge in [0, 0.05) is 23.7 Å². The number of carbonyl (C=O) groups is 1. The van der Waals surface area contributed by atoms with Gasteiger partial charge in [0.2, 0.25) is 5.91 Å². The van der Waals surface area contributed by atoms with E-state index in [0.29, 0.717) is 22.6 Å². The van der Waals surface area contributed by atoms with Gasteiger partial charge in [-0.15, -0.1) is 16.8 Å². The lowest BCUT2D eigenvalue weighted by Crippen LogP contribution is -2.35. The number of amides is 1. The second-order valence-corrected chi connectivity index (χ2v) is 8.97. The Morgan fingerprint density at radius 3 is 2.71 bits per heavy atom. The van der Waals surface area contributed by atoms with Crippen LogP contribution >= 0.6 is 23.4 Å². The molecule has 1 amide bonds. The fraction of sp³-hybridized carbons (Fsp3) is 0.476. The summed E-state index contributed by atoms with van der Waals surface area (Å²) in [6, 6.07) is 7.50. The molecule has 0 radical (unpaired) electrons. The Kier molecular flexibility index (Phi) is 7.57. The van der Waals surface area contributed by atoms with E-state index in [4.69, 9.17) is 11.6 Å². The van der Waals surface area contributed by atoms with Crippen molar-refractivity contribution in [2.75, 3.05) is 6.54 Å². The molecule has 150 valence electrons. The van der Waals surface area contributed by atoms with Gasteiger partial charge < -0.3 is 5.32 Å². The molecule has 1 aromatic heterocycles. The Morgan fingerprint density at radius 2 is 2.04 bits per heavy atom. The van der Waals surface area contributed by atoms with E-state index in [9.17, 15) is 4.79 Å². The van der Waals surface area contributed by atoms with E-state index >= 15 is 0 Å². The minimum atomic E-state index is -0.241. The molecule has 0 bridgehead atoms. The van der Waals surface area contributed by atoms with Crippen LogP contribution in [0.15, 0.2) is 42.1 Å². The van der Waals surface area contributed by atoms with Crippen LogP contribution in [0.4, 0.5) is 0 Å². The Balaban J connectivity index is 1.66. The van der Waals surface area contributed by atoms with Crippen molar-refractivity contribution in [3.05, 3.63) is 41.9 Å². The smallest absolute Gasteiger partial charge is 0.233 e. The van der Waals surface area contributed by atoms with E-state index in [1.54, 1.807) is 6.08 Å². The molecule has 0 saturated heterocycles. The summed E-state index contributed by atoms with van der Waals surface area (Å²) in [6.45, 7) is 7.10. The highest BCUT2D eigenvalue weighted by molar-refractivity contribution is 8.00. The molecule has 0 aliphatic heterocycles. The van der Waals surface area contributed by atoms with Gasteiger partial charge in [0.1, 0.15) is 0 Å². The van der Waals surface area contributed by atoms with Crippen LogP contribution in [0.1, 0.15) is 39.0 Å². The summed E-state index contributed by atoms with van der Waals surface area (Å²) in [5.41, 5.74) is 0.931. The molecule has 0 spiro atoms. The standard InChI is InChI=1S/C21H27ClN4OS/c1-3-13-26-19(17-9-11-18(22)12-10-17)24-25-21(26)28-15(2)20(27)23-14-16-7-5-4-6-8-16/h3,9-12,15-16H,1,4-8,13-14H2,2H3,(H,23,27). The van der Waals surface area contributed by atoms with Crippen molar-refractivity contribution in [3.8, 4) is 11.4 Å². The number of carbonyl (C=O) groups excluding carboxylic acids is 1. The number of allylic oxidation sites excluding steroid dienone is 1. The molecule has 1 saturated carbocycles. The maximum atomic E-state index is 12.5. The van der Waals surface area contributed by atoms with Crippen LogP contribution in [-0.2, 0) is 11.3 Å². The van der Waals surface area contributed by atoms with Crippen LogP contribution in [0.3, 0.4) is 0 Å². The van der Waals surface area contributed by atoms with Crippen molar-refractivity contribution in [2.24, 2.45) is 5.92 Å². The minimum absolute atomic E-state index is 0.0526. The van der Waals surface area contributed by atoms with Crippen LogP contribution in [-0.4, -0.2) is 32.5 Å². The summed E-state index contributed by atoms with van der Waals surface area (Å²) in [5, 5.41) is 12.9. The first-order valence-corrected chi connectivity index (χ1v) is 11.1. The Bertz CT molecular complexity index is 799. The third-order valence-electron chi connectivity index (χ3n) is 5.07. The van der Waals surface area contributed by atoms with Gasteiger partial charge in [-0.2, -0.15) is 0 Å². The molecule has 28 heavy (non-hydrogen) atoms. The Labute approximate surface area is 176 Å². The number of nitrogens with one attached hydrogen (secondary N) is 1. The van der Waals surface area contributed by atoms with Crippen molar-refractivity contribution in [1.29, 1.82) is 0 Å². The summed E-state index contributed by atoms with van der Waals surface area (Å²) < 4.78 is 1.98. The van der Waals surface area contributed by atoms with E-state index in [0.717, 1.165) is 17.9 Å². The van der Waals surface area contributed by atoms with Gasteiger partial charge in [0.05, 0.1) is 5.25 Å². The molecular weight excluding hydrogens is 392 g/mol. The predicted octanol–water partition coefficient (Wildman–Crippen LogP) is 4.96. The average molecular weight is 419 g/mol. The van der Waals surface area contributed by atoms with E-state index in [-0.39, 0.29) is 11.2 Å². The van der Waals surface area contributed by atoms with E-state index < -0.39 is 0 Å². The quantitative estimate of drug-likeness (QED) is 0.486. The van der Waals surface area contributed by atoms with Crippen LogP contribution in [0.5, 0.6) is 0 Å². The maximum Gasteiger partial charge on any atom is 0.233 e. The Hall–Kier alpha value is -1.79. The molecular formula is C21H27ClN4OS. The number of nitrogens with zero attached hydrogens (tertiary/aromatic N) is 3. The monoisotopic (exact) mass is 418 g/mol. The average Bonchev–Trinajstić information content (AvgIpc) is 3.10. The molecule has 5 nitrogen and oxygen atoms in total. The first kappa shape index (κ1) is 20.9. The van der Waals surface area contributed by atoms with Gasteiger partial charge in [0.25, 0.3) is 0 Å². The molecule has 1 heterocycles. The zero-order chi connectivity index (χ0) is 19.9. The fourth-order valence-corrected chi connectivity index (χ4v) is 4.48. The predicted molar refractivity (Wildman–Crippen MR) is 116 cm³/mol. The van der Waals surface area contributed by atoms with Crippen LogP contribution in [0.25, 0.3) is 11.4 Å². The first-order valence-electron chi connectivity index (χ1n) is 9.83. The third kappa shape index (κ3) is 5.39. The SMILES string of the molecule is C=CCn1c(SC(C)C(=O)NCC2CCCCC2)nnc1-c1ccc(Cl)cc1. The largest absolute Gasteiger partial charge is 0.355 e. The number of rotatable bonds is 8. The highest BCUT2D eigenvalue weighted by Crippen LogP contribution is 2.28. The number of benzene rings is 1. The lowest BCUT2D eigenvalue weighted by Gasteiger charge is -2.22. The van der Waals surface area contributed by atoms with E-state index in [2.05, 4.69) is 22.1 Å². The van der Waals surface area contributed by atoms with Gasteiger partial charge in [-0.25, -0.2) is 0 Å². The molecule has 1 aliphatic rings. The van der Waals surface area contributed by atoms with E-state index in [1.807, 2.05) is 35.8 Å². The number of aromatic nitrogens is 3. The molecule has 1 unspecified atom stereocenters. The summed E-state index contributed by atoms with van der Waals surface area (Å²) in [7, 11) is 0. The van der Waals surface area contributed by atoms with Crippen molar-refractivity contribution >= 4 is 29.3 Å². The van der Waals surface area contributed by atoms with Gasteiger partial charge in [-0.3, -0.25) is 9.36 Å². The zero-order valence-electron chi connectivity index (χ0n) is 16.2. The van der Waals surface area contributed by atoms with Crippen LogP contribution in [0.2, 0.25) is 5.02 Å². The van der Waals surface area contributed by atoms with Gasteiger partial charge in [0.15, 0.2) is 11.0 Å². The molecule has 1 aliphatic carbocycles. The molecule has 3 rings (SSSR count). The maximum absolute atomic E-state index is 12.5. The van der Waals surface area contributed by atoms with Crippen molar-refractivity contribution in [2.45, 2.75) is 56.0 Å². The number of halogens is 1. The number of hydrogen-bond acceptors (Lipinski definition) is 4. The highest BCUT2D eigenvalue weighted by atomic mass is 35.5. The second-order valence-electron chi connectivity index (χ2n) is 7.22. The van der Waals surface area contributed by atoms with E-state index in [1.165, 1.54) is 43.9 Å². The topological polar surface area (TPSA) is 59.8 Å². The third-order valence-corrected chi connectivity index (χ3v) is 6.40. The van der Waals surface area contributed by atoms with Gasteiger partial charge in [-0.05, 0) is 49.9 Å². The second kappa shape index (κ2) is 10.1. The van der Waals surface area contributed by atoms with Crippen molar-refractivity contribution < 1.29 is 4.79 Å². The molecule has 1 N–H and O–H groups in total. The summed E-state index contributed by atoms with van der Waals surface area (Å²) in [6.07, 6.45) is 8.14. The Morgan fingerprint density at radius 1 is 1.32 bits per heavy atom. The highest BCUT2D eigenvalue weighted by Gasteiger charge is 2.21. The molecule has 1 aromatic carbocycles. The lowest BCUT2D eigenvalue weighted by molar-refractivity contribution is -0.120. The minimum Gasteiger partial charge on any atom is -0.355 e. The fourth-order valence-electron chi connectivity index (χ4n) is 3.47. The van der Waals surface area contributed by atoms with Crippen LogP contribution < -0.4 is 5.32 Å². The molecule has 7 heteroatoms. The number of hydrogen-bond donors (Lipinski definition) is 1. The molecule has 1 atom stereocenters. The number of thioether (sulfide) groups is 1. The van der Waals surface area contributed by atoms with Crippen LogP contribution in [0, 0.1) is 5.92 Å². The summed E-state index contributed by atoms with van der Waals surface area (Å²) in [5.74, 6) is 1.42. The van der Waals surface area contributed by atoms with Gasteiger partial charge >= 0.3 is 0 Å². The van der Waals surface area contributed by atoms with Crippen molar-refractivity contribution in [3.63, 3.8) is 0 Å². The molecule has 2 aromatic rings. The summed E-state index contributed by atoms with van der Waals surface area (Å²) >= 11 is 7.41. The van der Waals surface area contributed by atoms with Crippen molar-refractivity contribution in [1.82, 2.24) is 20.1 Å². The van der Waals surface area contributed by atoms with Gasteiger partial charge in [-0.1, -0.05) is 48.7 Å².